The van der Waals surface area contributed by atoms with E-state index in [0.717, 1.165) is 30.8 Å². The van der Waals surface area contributed by atoms with E-state index in [1.54, 1.807) is 4.68 Å². The van der Waals surface area contributed by atoms with E-state index in [0.29, 0.717) is 48.3 Å². The van der Waals surface area contributed by atoms with E-state index in [9.17, 15) is 9.90 Å². The summed E-state index contributed by atoms with van der Waals surface area (Å²) in [6, 6.07) is 3.75. The monoisotopic (exact) mass is 468 g/mol. The molecule has 0 unspecified atom stereocenters. The Morgan fingerprint density at radius 2 is 2.09 bits per heavy atom. The van der Waals surface area contributed by atoms with E-state index in [1.807, 2.05) is 37.0 Å². The number of carboxylic acids is 1. The lowest BCUT2D eigenvalue weighted by molar-refractivity contribution is -0.143. The molecule has 1 aliphatic carbocycles. The second kappa shape index (κ2) is 10.2. The first-order valence-electron chi connectivity index (χ1n) is 11.7. The van der Waals surface area contributed by atoms with Crippen molar-refractivity contribution < 1.29 is 14.6 Å². The summed E-state index contributed by atoms with van der Waals surface area (Å²) in [5.74, 6) is 0.760. The van der Waals surface area contributed by atoms with E-state index in [2.05, 4.69) is 39.8 Å². The molecule has 2 atom stereocenters. The summed E-state index contributed by atoms with van der Waals surface area (Å²) >= 11 is 0. The topological polar surface area (TPSA) is 133 Å². The van der Waals surface area contributed by atoms with Crippen LogP contribution >= 0.6 is 0 Å². The van der Waals surface area contributed by atoms with Gasteiger partial charge in [-0.3, -0.25) is 9.48 Å². The van der Waals surface area contributed by atoms with E-state index in [-0.39, 0.29) is 12.0 Å². The number of nitrogens with zero attached hydrogens (tertiary/aromatic N) is 7. The number of rotatable bonds is 9. The first kappa shape index (κ1) is 23.7. The lowest BCUT2D eigenvalue weighted by Crippen LogP contribution is -2.29. The molecule has 0 saturated heterocycles. The van der Waals surface area contributed by atoms with Crippen molar-refractivity contribution >= 4 is 11.8 Å². The number of ether oxygens (including phenoxy) is 1. The van der Waals surface area contributed by atoms with Gasteiger partial charge in [0.25, 0.3) is 0 Å². The fraction of sp³-hybridized carbons (Fsp3) is 0.565. The van der Waals surface area contributed by atoms with Gasteiger partial charge in [-0.25, -0.2) is 9.67 Å². The molecule has 0 spiro atoms. The minimum absolute atomic E-state index is 0.110. The zero-order valence-corrected chi connectivity index (χ0v) is 20.1. The molecule has 0 aliphatic heterocycles. The number of carboxylic acid groups (broad SMARTS) is 1. The lowest BCUT2D eigenvalue weighted by Gasteiger charge is -2.27. The normalized spacial score (nSPS) is 18.3. The maximum absolute atomic E-state index is 11.3. The summed E-state index contributed by atoms with van der Waals surface area (Å²) in [7, 11) is 1.84. The third kappa shape index (κ3) is 5.52. The quantitative estimate of drug-likeness (QED) is 0.486. The lowest BCUT2D eigenvalue weighted by atomic mass is 9.87. The molecule has 4 rings (SSSR count). The summed E-state index contributed by atoms with van der Waals surface area (Å²) in [6.07, 6.45) is 4.72. The molecule has 0 radical (unpaired) electrons. The molecule has 1 fully saturated rings. The smallest absolute Gasteiger partial charge is 0.306 e. The fourth-order valence-corrected chi connectivity index (χ4v) is 4.25. The summed E-state index contributed by atoms with van der Waals surface area (Å²) in [4.78, 5) is 16.1. The van der Waals surface area contributed by atoms with Gasteiger partial charge in [0.2, 0.25) is 0 Å². The largest absolute Gasteiger partial charge is 0.489 e. The molecular formula is C23H32N8O3. The highest BCUT2D eigenvalue weighted by Gasteiger charge is 2.28. The average Bonchev–Trinajstić information content (AvgIpc) is 3.39. The molecule has 11 heteroatoms. The molecule has 3 aromatic heterocycles. The summed E-state index contributed by atoms with van der Waals surface area (Å²) in [6.45, 7) is 7.43. The number of hydrogen-bond donors (Lipinski definition) is 2. The van der Waals surface area contributed by atoms with Gasteiger partial charge in [-0.15, -0.1) is 10.2 Å². The van der Waals surface area contributed by atoms with Gasteiger partial charge >= 0.3 is 5.97 Å². The second-order valence-electron chi connectivity index (χ2n) is 9.30. The molecule has 11 nitrogen and oxygen atoms in total. The van der Waals surface area contributed by atoms with Gasteiger partial charge in [-0.2, -0.15) is 0 Å². The number of pyridine rings is 1. The van der Waals surface area contributed by atoms with Crippen LogP contribution in [0.5, 0.6) is 5.75 Å². The molecule has 0 bridgehead atoms. The number of aliphatic carboxylic acids is 1. The molecular weight excluding hydrogens is 436 g/mol. The van der Waals surface area contributed by atoms with Crippen LogP contribution in [0.25, 0.3) is 11.4 Å². The van der Waals surface area contributed by atoms with E-state index in [1.165, 1.54) is 0 Å². The SMILES string of the molecule is Cc1nc(-c2nnn(C)c2CNc2cn(CC(C)C)nn2)ccc1O[C@H]1CCC[C@H](C(=O)O)C1. The third-order valence-corrected chi connectivity index (χ3v) is 6.02. The Bertz CT molecular complexity index is 1140. The molecule has 3 aromatic rings. The molecule has 3 heterocycles. The van der Waals surface area contributed by atoms with Gasteiger partial charge in [-0.1, -0.05) is 24.3 Å². The van der Waals surface area contributed by atoms with Crippen molar-refractivity contribution in [1.82, 2.24) is 35.0 Å². The van der Waals surface area contributed by atoms with Gasteiger partial charge < -0.3 is 15.2 Å². The molecule has 34 heavy (non-hydrogen) atoms. The minimum atomic E-state index is -0.746. The van der Waals surface area contributed by atoms with Crippen LogP contribution in [-0.2, 0) is 24.9 Å². The Hall–Kier alpha value is -3.50. The Balaban J connectivity index is 1.45. The Morgan fingerprint density at radius 1 is 1.26 bits per heavy atom. The predicted molar refractivity (Wildman–Crippen MR) is 125 cm³/mol. The van der Waals surface area contributed by atoms with Crippen molar-refractivity contribution in [1.29, 1.82) is 0 Å². The number of aryl methyl sites for hydroxylation is 2. The van der Waals surface area contributed by atoms with Gasteiger partial charge in [0.1, 0.15) is 11.4 Å². The maximum atomic E-state index is 11.3. The van der Waals surface area contributed by atoms with Crippen molar-refractivity contribution in [3.63, 3.8) is 0 Å². The fourth-order valence-electron chi connectivity index (χ4n) is 4.25. The van der Waals surface area contributed by atoms with Crippen molar-refractivity contribution in [2.75, 3.05) is 5.32 Å². The minimum Gasteiger partial charge on any atom is -0.489 e. The Kier molecular flexibility index (Phi) is 7.09. The van der Waals surface area contributed by atoms with Crippen LogP contribution in [-0.4, -0.2) is 52.2 Å². The van der Waals surface area contributed by atoms with Gasteiger partial charge in [0.05, 0.1) is 41.8 Å². The van der Waals surface area contributed by atoms with Crippen molar-refractivity contribution in [3.05, 3.63) is 29.7 Å². The highest BCUT2D eigenvalue weighted by atomic mass is 16.5. The first-order chi connectivity index (χ1) is 16.3. The average molecular weight is 469 g/mol. The van der Waals surface area contributed by atoms with Crippen LogP contribution < -0.4 is 10.1 Å². The number of anilines is 1. The summed E-state index contributed by atoms with van der Waals surface area (Å²) in [5.41, 5.74) is 2.99. The maximum Gasteiger partial charge on any atom is 0.306 e. The van der Waals surface area contributed by atoms with E-state index in [4.69, 9.17) is 9.72 Å². The van der Waals surface area contributed by atoms with E-state index >= 15 is 0 Å². The van der Waals surface area contributed by atoms with Gasteiger partial charge in [0.15, 0.2) is 5.82 Å². The van der Waals surface area contributed by atoms with Gasteiger partial charge in [0, 0.05) is 13.6 Å². The Labute approximate surface area is 198 Å². The highest BCUT2D eigenvalue weighted by Crippen LogP contribution is 2.30. The van der Waals surface area contributed by atoms with Crippen LogP contribution in [0.15, 0.2) is 18.3 Å². The molecule has 2 N–H and O–H groups in total. The van der Waals surface area contributed by atoms with Crippen LogP contribution in [0.3, 0.4) is 0 Å². The molecule has 1 aliphatic rings. The Morgan fingerprint density at radius 3 is 2.82 bits per heavy atom. The zero-order chi connectivity index (χ0) is 24.2. The predicted octanol–water partition coefficient (Wildman–Crippen LogP) is 3.07. The molecule has 1 saturated carbocycles. The second-order valence-corrected chi connectivity index (χ2v) is 9.30. The molecule has 0 aromatic carbocycles. The molecule has 0 amide bonds. The van der Waals surface area contributed by atoms with Gasteiger partial charge in [-0.05, 0) is 50.7 Å². The summed E-state index contributed by atoms with van der Waals surface area (Å²) in [5, 5.41) is 29.4. The van der Waals surface area contributed by atoms with Crippen molar-refractivity contribution in [2.24, 2.45) is 18.9 Å². The first-order valence-corrected chi connectivity index (χ1v) is 11.7. The molecule has 182 valence electrons. The van der Waals surface area contributed by atoms with Crippen LogP contribution in [0.2, 0.25) is 0 Å². The van der Waals surface area contributed by atoms with Crippen molar-refractivity contribution in [3.8, 4) is 17.1 Å². The number of aromatic nitrogens is 7. The van der Waals surface area contributed by atoms with Crippen LogP contribution in [0, 0.1) is 18.8 Å². The van der Waals surface area contributed by atoms with Crippen LogP contribution in [0.1, 0.15) is 50.9 Å². The number of nitrogens with one attached hydrogen (secondary N) is 1. The zero-order valence-electron chi connectivity index (χ0n) is 20.1. The van der Waals surface area contributed by atoms with E-state index < -0.39 is 5.97 Å². The van der Waals surface area contributed by atoms with Crippen molar-refractivity contribution in [2.45, 2.75) is 65.6 Å². The highest BCUT2D eigenvalue weighted by molar-refractivity contribution is 5.70. The summed E-state index contributed by atoms with van der Waals surface area (Å²) < 4.78 is 9.67. The number of carbonyl (C=O) groups is 1. The standard InChI is InChI=1S/C23H32N8O3/c1-14(2)12-31-13-21(26-29-31)24-11-19-22(27-28-30(19)4)18-8-9-20(15(3)25-18)34-17-7-5-6-16(10-17)23(32)33/h8-9,13-14,16-17,24H,5-7,10-12H2,1-4H3,(H,32,33)/t16-,17-/m0/s1. The van der Waals surface area contributed by atoms with Crippen LogP contribution in [0.4, 0.5) is 5.82 Å². The number of hydrogen-bond acceptors (Lipinski definition) is 8. The third-order valence-electron chi connectivity index (χ3n) is 6.02.